The topological polar surface area (TPSA) is 76.5 Å². The van der Waals surface area contributed by atoms with Crippen molar-refractivity contribution in [2.24, 2.45) is 0 Å². The highest BCUT2D eigenvalue weighted by atomic mass is 16.5. The molecular weight excluding hydrogens is 356 g/mol. The standard InChI is InChI=1S/C21H26N4O3/c1-28-14-16-12-20(27)25(21(22-16)24-10-4-5-11-24)13-19(26)23-18-9-8-15-6-2-3-7-17(15)18/h2-3,6-7,12,18H,4-5,8-11,13-14H2,1H3,(H,23,26)/t18-/m1/s1. The summed E-state index contributed by atoms with van der Waals surface area (Å²) in [6.07, 6.45) is 3.99. The third kappa shape index (κ3) is 3.80. The van der Waals surface area contributed by atoms with E-state index in [1.807, 2.05) is 12.1 Å². The molecular formula is C21H26N4O3. The Morgan fingerprint density at radius 3 is 2.86 bits per heavy atom. The molecule has 1 atom stereocenters. The summed E-state index contributed by atoms with van der Waals surface area (Å²) < 4.78 is 6.62. The zero-order chi connectivity index (χ0) is 19.5. The van der Waals surface area contributed by atoms with Crippen LogP contribution in [0.3, 0.4) is 0 Å². The van der Waals surface area contributed by atoms with Crippen LogP contribution in [0.15, 0.2) is 35.1 Å². The van der Waals surface area contributed by atoms with Gasteiger partial charge >= 0.3 is 0 Å². The molecule has 4 rings (SSSR count). The van der Waals surface area contributed by atoms with Gasteiger partial charge in [0.15, 0.2) is 0 Å². The average molecular weight is 382 g/mol. The molecule has 1 N–H and O–H groups in total. The van der Waals surface area contributed by atoms with Crippen molar-refractivity contribution in [1.29, 1.82) is 0 Å². The number of rotatable bonds is 6. The largest absolute Gasteiger partial charge is 0.378 e. The monoisotopic (exact) mass is 382 g/mol. The number of nitrogens with zero attached hydrogens (tertiary/aromatic N) is 3. The Balaban J connectivity index is 1.55. The van der Waals surface area contributed by atoms with Crippen LogP contribution < -0.4 is 15.8 Å². The minimum Gasteiger partial charge on any atom is -0.378 e. The first-order valence-electron chi connectivity index (χ1n) is 9.87. The zero-order valence-corrected chi connectivity index (χ0v) is 16.2. The van der Waals surface area contributed by atoms with Crippen LogP contribution in [0.25, 0.3) is 0 Å². The van der Waals surface area contributed by atoms with E-state index in [9.17, 15) is 9.59 Å². The van der Waals surface area contributed by atoms with Crippen molar-refractivity contribution in [3.05, 3.63) is 57.5 Å². The van der Waals surface area contributed by atoms with E-state index in [1.165, 1.54) is 21.8 Å². The molecule has 1 fully saturated rings. The van der Waals surface area contributed by atoms with Crippen molar-refractivity contribution in [2.45, 2.75) is 44.9 Å². The summed E-state index contributed by atoms with van der Waals surface area (Å²) in [5.74, 6) is 0.407. The van der Waals surface area contributed by atoms with Gasteiger partial charge in [0.2, 0.25) is 11.9 Å². The van der Waals surface area contributed by atoms with Crippen LogP contribution in [0.4, 0.5) is 5.95 Å². The number of anilines is 1. The number of fused-ring (bicyclic) bond motifs is 1. The van der Waals surface area contributed by atoms with Gasteiger partial charge in [-0.05, 0) is 36.8 Å². The second kappa shape index (κ2) is 8.14. The first-order chi connectivity index (χ1) is 13.7. The number of carbonyl (C=O) groups is 1. The summed E-state index contributed by atoms with van der Waals surface area (Å²) in [6, 6.07) is 9.67. The highest BCUT2D eigenvalue weighted by molar-refractivity contribution is 5.77. The van der Waals surface area contributed by atoms with Gasteiger partial charge < -0.3 is 15.0 Å². The lowest BCUT2D eigenvalue weighted by molar-refractivity contribution is -0.122. The number of ether oxygens (including phenoxy) is 1. The Morgan fingerprint density at radius 1 is 1.29 bits per heavy atom. The summed E-state index contributed by atoms with van der Waals surface area (Å²) >= 11 is 0. The molecule has 148 valence electrons. The third-order valence-corrected chi connectivity index (χ3v) is 5.49. The van der Waals surface area contributed by atoms with E-state index in [2.05, 4.69) is 27.3 Å². The van der Waals surface area contributed by atoms with E-state index in [4.69, 9.17) is 4.74 Å². The summed E-state index contributed by atoms with van der Waals surface area (Å²) in [5, 5.41) is 3.10. The number of aromatic nitrogens is 2. The third-order valence-electron chi connectivity index (χ3n) is 5.49. The smallest absolute Gasteiger partial charge is 0.255 e. The fourth-order valence-corrected chi connectivity index (χ4v) is 4.16. The van der Waals surface area contributed by atoms with E-state index in [0.717, 1.165) is 38.8 Å². The van der Waals surface area contributed by atoms with Crippen molar-refractivity contribution in [1.82, 2.24) is 14.9 Å². The number of aryl methyl sites for hydroxylation is 1. The van der Waals surface area contributed by atoms with Crippen molar-refractivity contribution in [3.8, 4) is 0 Å². The van der Waals surface area contributed by atoms with Gasteiger partial charge in [0.25, 0.3) is 5.56 Å². The summed E-state index contributed by atoms with van der Waals surface area (Å²) in [7, 11) is 1.58. The Kier molecular flexibility index (Phi) is 5.43. The maximum absolute atomic E-state index is 12.8. The molecule has 2 heterocycles. The molecule has 1 saturated heterocycles. The Labute approximate surface area is 164 Å². The molecule has 1 aromatic carbocycles. The van der Waals surface area contributed by atoms with Crippen molar-refractivity contribution < 1.29 is 9.53 Å². The van der Waals surface area contributed by atoms with E-state index < -0.39 is 0 Å². The minimum atomic E-state index is -0.217. The van der Waals surface area contributed by atoms with E-state index in [-0.39, 0.29) is 30.7 Å². The van der Waals surface area contributed by atoms with Gasteiger partial charge in [-0.2, -0.15) is 0 Å². The molecule has 1 aliphatic carbocycles. The molecule has 7 nitrogen and oxygen atoms in total. The SMILES string of the molecule is COCc1cc(=O)n(CC(=O)N[C@@H]2CCc3ccccc32)c(N2CCCC2)n1. The molecule has 0 unspecified atom stereocenters. The highest BCUT2D eigenvalue weighted by Gasteiger charge is 2.25. The number of carbonyl (C=O) groups excluding carboxylic acids is 1. The van der Waals surface area contributed by atoms with Gasteiger partial charge in [-0.3, -0.25) is 14.2 Å². The van der Waals surface area contributed by atoms with Gasteiger partial charge in [0, 0.05) is 26.3 Å². The zero-order valence-electron chi connectivity index (χ0n) is 16.2. The molecule has 2 aliphatic rings. The fraction of sp³-hybridized carbons (Fsp3) is 0.476. The Hall–Kier alpha value is -2.67. The molecule has 0 saturated carbocycles. The number of nitrogens with one attached hydrogen (secondary N) is 1. The molecule has 0 radical (unpaired) electrons. The van der Waals surface area contributed by atoms with Crippen LogP contribution >= 0.6 is 0 Å². The number of benzene rings is 1. The normalized spacial score (nSPS) is 18.3. The number of hydrogen-bond acceptors (Lipinski definition) is 5. The van der Waals surface area contributed by atoms with Gasteiger partial charge in [0.1, 0.15) is 6.54 Å². The molecule has 2 aromatic rings. The van der Waals surface area contributed by atoms with Crippen molar-refractivity contribution in [3.63, 3.8) is 0 Å². The Morgan fingerprint density at radius 2 is 2.07 bits per heavy atom. The van der Waals surface area contributed by atoms with Crippen molar-refractivity contribution >= 4 is 11.9 Å². The number of amides is 1. The molecule has 0 spiro atoms. The van der Waals surface area contributed by atoms with E-state index in [1.54, 1.807) is 7.11 Å². The quantitative estimate of drug-likeness (QED) is 0.824. The van der Waals surface area contributed by atoms with Crippen LogP contribution in [0.2, 0.25) is 0 Å². The molecule has 1 amide bonds. The first-order valence-corrected chi connectivity index (χ1v) is 9.87. The van der Waals surface area contributed by atoms with Crippen LogP contribution in [0.1, 0.15) is 42.1 Å². The van der Waals surface area contributed by atoms with Gasteiger partial charge in [0.05, 0.1) is 18.3 Å². The average Bonchev–Trinajstić information content (AvgIpc) is 3.35. The van der Waals surface area contributed by atoms with Crippen LogP contribution in [0, 0.1) is 0 Å². The van der Waals surface area contributed by atoms with Crippen LogP contribution in [-0.4, -0.2) is 35.7 Å². The fourth-order valence-electron chi connectivity index (χ4n) is 4.16. The Bertz CT molecular complexity index is 918. The maximum Gasteiger partial charge on any atom is 0.255 e. The molecule has 1 aromatic heterocycles. The second-order valence-corrected chi connectivity index (χ2v) is 7.46. The highest BCUT2D eigenvalue weighted by Crippen LogP contribution is 2.30. The molecule has 28 heavy (non-hydrogen) atoms. The van der Waals surface area contributed by atoms with Gasteiger partial charge in [-0.25, -0.2) is 4.98 Å². The first kappa shape index (κ1) is 18.7. The molecule has 0 bridgehead atoms. The summed E-state index contributed by atoms with van der Waals surface area (Å²) in [4.78, 5) is 32.2. The summed E-state index contributed by atoms with van der Waals surface area (Å²) in [6.45, 7) is 1.95. The lowest BCUT2D eigenvalue weighted by Gasteiger charge is -2.22. The van der Waals surface area contributed by atoms with E-state index in [0.29, 0.717) is 11.6 Å². The predicted octanol–water partition coefficient (Wildman–Crippen LogP) is 1.79. The lowest BCUT2D eigenvalue weighted by Crippen LogP contribution is -2.37. The maximum atomic E-state index is 12.8. The second-order valence-electron chi connectivity index (χ2n) is 7.46. The number of methoxy groups -OCH3 is 1. The van der Waals surface area contributed by atoms with Crippen molar-refractivity contribution in [2.75, 3.05) is 25.1 Å². The van der Waals surface area contributed by atoms with Gasteiger partial charge in [-0.15, -0.1) is 0 Å². The molecule has 1 aliphatic heterocycles. The minimum absolute atomic E-state index is 0.00959. The molecule has 7 heteroatoms. The van der Waals surface area contributed by atoms with Crippen LogP contribution in [-0.2, 0) is 29.1 Å². The lowest BCUT2D eigenvalue weighted by atomic mass is 10.1. The van der Waals surface area contributed by atoms with Crippen LogP contribution in [0.5, 0.6) is 0 Å². The van der Waals surface area contributed by atoms with E-state index >= 15 is 0 Å². The summed E-state index contributed by atoms with van der Waals surface area (Å²) in [5.41, 5.74) is 2.84. The van der Waals surface area contributed by atoms with Gasteiger partial charge in [-0.1, -0.05) is 24.3 Å². The number of hydrogen-bond donors (Lipinski definition) is 1. The predicted molar refractivity (Wildman–Crippen MR) is 106 cm³/mol.